The second-order valence-corrected chi connectivity index (χ2v) is 3.55. The second kappa shape index (κ2) is 3.72. The highest BCUT2D eigenvalue weighted by Crippen LogP contribution is 2.20. The van der Waals surface area contributed by atoms with E-state index >= 15 is 0 Å². The van der Waals surface area contributed by atoms with Gasteiger partial charge in [-0.2, -0.15) is 4.98 Å². The minimum Gasteiger partial charge on any atom is -0.481 e. The van der Waals surface area contributed by atoms with Crippen molar-refractivity contribution in [2.45, 2.75) is 6.42 Å². The van der Waals surface area contributed by atoms with Crippen LogP contribution in [-0.2, 0) is 4.79 Å². The van der Waals surface area contributed by atoms with Gasteiger partial charge in [0.2, 0.25) is 5.95 Å². The number of aromatic nitrogens is 2. The summed E-state index contributed by atoms with van der Waals surface area (Å²) in [7, 11) is 0. The van der Waals surface area contributed by atoms with Crippen LogP contribution in [0.1, 0.15) is 6.42 Å². The fourth-order valence-electron chi connectivity index (χ4n) is 1.66. The largest absolute Gasteiger partial charge is 0.481 e. The maximum atomic E-state index is 10.8. The van der Waals surface area contributed by atoms with Gasteiger partial charge in [-0.1, -0.05) is 0 Å². The molecule has 0 spiro atoms. The van der Waals surface area contributed by atoms with Crippen LogP contribution >= 0.6 is 0 Å². The summed E-state index contributed by atoms with van der Waals surface area (Å²) in [6, 6.07) is 1.61. The maximum Gasteiger partial charge on any atom is 0.308 e. The van der Waals surface area contributed by atoms with Gasteiger partial charge in [-0.05, 0) is 12.5 Å². The van der Waals surface area contributed by atoms with E-state index in [1.165, 1.54) is 0 Å². The number of anilines is 2. The second-order valence-electron chi connectivity index (χ2n) is 3.55. The molecule has 1 aromatic rings. The number of carbonyl (C=O) groups is 1. The van der Waals surface area contributed by atoms with Gasteiger partial charge in [-0.3, -0.25) is 4.79 Å². The summed E-state index contributed by atoms with van der Waals surface area (Å²) >= 11 is 0. The number of rotatable bonds is 2. The molecule has 2 heterocycles. The molecule has 3 N–H and O–H groups in total. The van der Waals surface area contributed by atoms with Crippen LogP contribution in [0, 0.1) is 5.92 Å². The van der Waals surface area contributed by atoms with Gasteiger partial charge in [0.25, 0.3) is 0 Å². The van der Waals surface area contributed by atoms with Crippen molar-refractivity contribution in [1.29, 1.82) is 0 Å². The van der Waals surface area contributed by atoms with E-state index in [4.69, 9.17) is 10.8 Å². The topological polar surface area (TPSA) is 92.3 Å². The third-order valence-corrected chi connectivity index (χ3v) is 2.48. The number of nitrogen functional groups attached to an aromatic ring is 1. The Bertz CT molecular complexity index is 382. The molecule has 2 rings (SSSR count). The zero-order valence-electron chi connectivity index (χ0n) is 8.13. The molecule has 0 saturated carbocycles. The van der Waals surface area contributed by atoms with Gasteiger partial charge >= 0.3 is 5.97 Å². The van der Waals surface area contributed by atoms with E-state index in [2.05, 4.69) is 9.97 Å². The zero-order chi connectivity index (χ0) is 10.8. The van der Waals surface area contributed by atoms with E-state index < -0.39 is 5.97 Å². The van der Waals surface area contributed by atoms with Crippen LogP contribution in [0.3, 0.4) is 0 Å². The minimum atomic E-state index is -0.763. The number of aliphatic carboxylic acids is 1. The van der Waals surface area contributed by atoms with E-state index in [-0.39, 0.29) is 5.92 Å². The molecule has 1 fully saturated rings. The summed E-state index contributed by atoms with van der Waals surface area (Å²) in [4.78, 5) is 20.7. The highest BCUT2D eigenvalue weighted by Gasteiger charge is 2.29. The van der Waals surface area contributed by atoms with E-state index in [1.807, 2.05) is 4.90 Å². The Morgan fingerprint density at radius 3 is 3.07 bits per heavy atom. The van der Waals surface area contributed by atoms with Crippen molar-refractivity contribution in [1.82, 2.24) is 9.97 Å². The molecule has 0 bridgehead atoms. The summed E-state index contributed by atoms with van der Waals surface area (Å²) in [5.41, 5.74) is 5.53. The Balaban J connectivity index is 2.11. The Morgan fingerprint density at radius 1 is 1.67 bits per heavy atom. The molecule has 1 aliphatic rings. The Morgan fingerprint density at radius 2 is 2.47 bits per heavy atom. The minimum absolute atomic E-state index is 0.324. The van der Waals surface area contributed by atoms with Crippen LogP contribution in [0.4, 0.5) is 11.8 Å². The van der Waals surface area contributed by atoms with Crippen molar-refractivity contribution in [3.8, 4) is 0 Å². The first kappa shape index (κ1) is 9.70. The van der Waals surface area contributed by atoms with Crippen LogP contribution in [0.25, 0.3) is 0 Å². The van der Waals surface area contributed by atoms with E-state index in [1.54, 1.807) is 12.3 Å². The molecule has 1 saturated heterocycles. The molecule has 0 amide bonds. The summed E-state index contributed by atoms with van der Waals surface area (Å²) in [6.45, 7) is 1.12. The quantitative estimate of drug-likeness (QED) is 0.709. The monoisotopic (exact) mass is 208 g/mol. The van der Waals surface area contributed by atoms with Crippen LogP contribution in [0.15, 0.2) is 12.3 Å². The van der Waals surface area contributed by atoms with Gasteiger partial charge in [0.05, 0.1) is 5.92 Å². The zero-order valence-corrected chi connectivity index (χ0v) is 8.13. The third kappa shape index (κ3) is 1.98. The molecule has 1 aliphatic heterocycles. The first-order chi connectivity index (χ1) is 7.16. The number of hydrogen-bond acceptors (Lipinski definition) is 5. The lowest BCUT2D eigenvalue weighted by molar-refractivity contribution is -0.140. The van der Waals surface area contributed by atoms with E-state index in [9.17, 15) is 4.79 Å². The number of carboxylic acids is 1. The highest BCUT2D eigenvalue weighted by atomic mass is 16.4. The first-order valence-corrected chi connectivity index (χ1v) is 4.73. The molecule has 0 aromatic carbocycles. The average molecular weight is 208 g/mol. The van der Waals surface area contributed by atoms with Crippen molar-refractivity contribution in [2.24, 2.45) is 5.92 Å². The fraction of sp³-hybridized carbons (Fsp3) is 0.444. The lowest BCUT2D eigenvalue weighted by Gasteiger charge is -2.15. The normalized spacial score (nSPS) is 20.5. The van der Waals surface area contributed by atoms with Crippen molar-refractivity contribution in [2.75, 3.05) is 23.7 Å². The number of nitrogens with two attached hydrogens (primary N) is 1. The molecule has 6 heteroatoms. The third-order valence-electron chi connectivity index (χ3n) is 2.48. The van der Waals surface area contributed by atoms with Crippen molar-refractivity contribution >= 4 is 17.7 Å². The Kier molecular flexibility index (Phi) is 2.40. The lowest BCUT2D eigenvalue weighted by Crippen LogP contribution is -2.24. The van der Waals surface area contributed by atoms with E-state index in [0.29, 0.717) is 31.3 Å². The van der Waals surface area contributed by atoms with Crippen LogP contribution in [0.2, 0.25) is 0 Å². The van der Waals surface area contributed by atoms with Crippen LogP contribution in [-0.4, -0.2) is 34.1 Å². The first-order valence-electron chi connectivity index (χ1n) is 4.73. The lowest BCUT2D eigenvalue weighted by atomic mass is 10.1. The number of hydrogen-bond donors (Lipinski definition) is 2. The maximum absolute atomic E-state index is 10.8. The van der Waals surface area contributed by atoms with Crippen molar-refractivity contribution in [3.63, 3.8) is 0 Å². The molecule has 1 atom stereocenters. The van der Waals surface area contributed by atoms with Crippen molar-refractivity contribution in [3.05, 3.63) is 12.3 Å². The molecule has 80 valence electrons. The average Bonchev–Trinajstić information content (AvgIpc) is 2.66. The fourth-order valence-corrected chi connectivity index (χ4v) is 1.66. The van der Waals surface area contributed by atoms with Gasteiger partial charge in [0, 0.05) is 19.3 Å². The highest BCUT2D eigenvalue weighted by molar-refractivity contribution is 5.71. The van der Waals surface area contributed by atoms with Gasteiger partial charge in [0.1, 0.15) is 5.82 Å². The molecular formula is C9H12N4O2. The van der Waals surface area contributed by atoms with E-state index in [0.717, 1.165) is 0 Å². The predicted molar refractivity (Wildman–Crippen MR) is 54.4 cm³/mol. The van der Waals surface area contributed by atoms with Crippen LogP contribution < -0.4 is 10.6 Å². The molecule has 1 unspecified atom stereocenters. The SMILES string of the molecule is Nc1ccnc(N2CCC(C(=O)O)C2)n1. The molecule has 15 heavy (non-hydrogen) atoms. The van der Waals surface area contributed by atoms with Crippen LogP contribution in [0.5, 0.6) is 0 Å². The molecular weight excluding hydrogens is 196 g/mol. The summed E-state index contributed by atoms with van der Waals surface area (Å²) in [5, 5.41) is 8.84. The summed E-state index contributed by atoms with van der Waals surface area (Å²) in [5.74, 6) is -0.172. The summed E-state index contributed by atoms with van der Waals surface area (Å²) < 4.78 is 0. The van der Waals surface area contributed by atoms with Gasteiger partial charge in [-0.15, -0.1) is 0 Å². The van der Waals surface area contributed by atoms with Crippen molar-refractivity contribution < 1.29 is 9.90 Å². The molecule has 0 radical (unpaired) electrons. The van der Waals surface area contributed by atoms with Gasteiger partial charge in [-0.25, -0.2) is 4.98 Å². The number of carboxylic acid groups (broad SMARTS) is 1. The van der Waals surface area contributed by atoms with Gasteiger partial charge in [0.15, 0.2) is 0 Å². The Labute approximate surface area is 86.7 Å². The Hall–Kier alpha value is -1.85. The molecule has 6 nitrogen and oxygen atoms in total. The standard InChI is InChI=1S/C9H12N4O2/c10-7-1-3-11-9(12-7)13-4-2-6(5-13)8(14)15/h1,3,6H,2,4-5H2,(H,14,15)(H2,10,11,12). The predicted octanol–water partition coefficient (Wildman–Crippen LogP) is -0.0303. The molecule has 1 aromatic heterocycles. The number of nitrogens with zero attached hydrogens (tertiary/aromatic N) is 3. The molecule has 0 aliphatic carbocycles. The summed E-state index contributed by atoms with van der Waals surface area (Å²) in [6.07, 6.45) is 2.21. The van der Waals surface area contributed by atoms with Gasteiger partial charge < -0.3 is 15.7 Å². The smallest absolute Gasteiger partial charge is 0.308 e.